The molecule has 1 aromatic carbocycles. The fourth-order valence-corrected chi connectivity index (χ4v) is 4.97. The summed E-state index contributed by atoms with van der Waals surface area (Å²) in [6.07, 6.45) is 3.22. The zero-order valence-electron chi connectivity index (χ0n) is 15.3. The molecular weight excluding hydrogens is 404 g/mol. The van der Waals surface area contributed by atoms with E-state index in [-0.39, 0.29) is 17.2 Å². The van der Waals surface area contributed by atoms with Crippen LogP contribution in [0.4, 0.5) is 5.69 Å². The lowest BCUT2D eigenvalue weighted by Crippen LogP contribution is -2.31. The molecule has 150 valence electrons. The lowest BCUT2D eigenvalue weighted by molar-refractivity contribution is 0.402. The summed E-state index contributed by atoms with van der Waals surface area (Å²) in [5.41, 5.74) is 1.84. The quantitative estimate of drug-likeness (QED) is 0.564. The Bertz CT molecular complexity index is 1200. The molecule has 0 amide bonds. The van der Waals surface area contributed by atoms with E-state index in [1.54, 1.807) is 54.2 Å². The lowest BCUT2D eigenvalue weighted by Gasteiger charge is -2.12. The van der Waals surface area contributed by atoms with Crippen LogP contribution in [0.1, 0.15) is 5.56 Å². The number of methoxy groups -OCH3 is 1. The number of benzene rings is 1. The predicted octanol–water partition coefficient (Wildman–Crippen LogP) is 1.37. The van der Waals surface area contributed by atoms with Gasteiger partial charge in [-0.2, -0.15) is 5.10 Å². The monoisotopic (exact) mass is 424 g/mol. The highest BCUT2D eigenvalue weighted by Crippen LogP contribution is 2.24. The van der Waals surface area contributed by atoms with Crippen LogP contribution >= 0.6 is 0 Å². The second-order valence-corrected chi connectivity index (χ2v) is 9.67. The van der Waals surface area contributed by atoms with E-state index in [4.69, 9.17) is 4.74 Å². The van der Waals surface area contributed by atoms with Crippen molar-refractivity contribution in [3.8, 4) is 5.75 Å². The molecule has 0 bridgehead atoms. The van der Waals surface area contributed by atoms with Crippen molar-refractivity contribution in [3.63, 3.8) is 0 Å². The standard InChI is InChI=1S/C17H20N4O5S2/c1-13-3-4-16(26-2)17(11-13)28(24,25)19-8-10-27(22,23)20-14-6-9-21-15(12-14)5-7-18-21/h3-7,9,11-12,19-20H,8,10H2,1-2H3. The number of pyridine rings is 1. The van der Waals surface area contributed by atoms with E-state index in [1.807, 2.05) is 0 Å². The summed E-state index contributed by atoms with van der Waals surface area (Å²) in [6.45, 7) is 1.47. The zero-order valence-corrected chi connectivity index (χ0v) is 16.9. The van der Waals surface area contributed by atoms with Gasteiger partial charge in [-0.3, -0.25) is 4.72 Å². The first-order chi connectivity index (χ1) is 13.2. The van der Waals surface area contributed by atoms with Crippen molar-refractivity contribution in [2.75, 3.05) is 24.1 Å². The Labute approximate surface area is 163 Å². The third-order valence-electron chi connectivity index (χ3n) is 3.94. The first-order valence-corrected chi connectivity index (χ1v) is 11.4. The van der Waals surface area contributed by atoms with Gasteiger partial charge in [-0.25, -0.2) is 26.1 Å². The lowest BCUT2D eigenvalue weighted by atomic mass is 10.2. The number of hydrogen-bond acceptors (Lipinski definition) is 6. The van der Waals surface area contributed by atoms with Gasteiger partial charge in [0.25, 0.3) is 0 Å². The molecule has 0 unspecified atom stereocenters. The van der Waals surface area contributed by atoms with Crippen LogP contribution in [-0.2, 0) is 20.0 Å². The summed E-state index contributed by atoms with van der Waals surface area (Å²) in [5.74, 6) is -0.238. The molecule has 0 spiro atoms. The van der Waals surface area contributed by atoms with Crippen molar-refractivity contribution in [1.82, 2.24) is 14.3 Å². The number of aromatic nitrogens is 2. The molecule has 0 atom stereocenters. The van der Waals surface area contributed by atoms with Crippen molar-refractivity contribution < 1.29 is 21.6 Å². The number of sulfonamides is 2. The van der Waals surface area contributed by atoms with Crippen LogP contribution in [0.2, 0.25) is 0 Å². The number of nitrogens with zero attached hydrogens (tertiary/aromatic N) is 2. The summed E-state index contributed by atoms with van der Waals surface area (Å²) in [6, 6.07) is 9.68. The zero-order chi connectivity index (χ0) is 20.4. The minimum Gasteiger partial charge on any atom is -0.495 e. The summed E-state index contributed by atoms with van der Waals surface area (Å²) in [4.78, 5) is -0.0356. The first-order valence-electron chi connectivity index (χ1n) is 8.28. The van der Waals surface area contributed by atoms with Crippen molar-refractivity contribution in [1.29, 1.82) is 0 Å². The molecule has 0 saturated heterocycles. The van der Waals surface area contributed by atoms with Gasteiger partial charge in [0.1, 0.15) is 10.6 Å². The molecule has 2 heterocycles. The smallest absolute Gasteiger partial charge is 0.244 e. The maximum atomic E-state index is 12.5. The van der Waals surface area contributed by atoms with E-state index in [0.29, 0.717) is 5.69 Å². The van der Waals surface area contributed by atoms with Crippen LogP contribution in [0.25, 0.3) is 5.52 Å². The third-order valence-corrected chi connectivity index (χ3v) is 6.71. The Morgan fingerprint density at radius 1 is 1.11 bits per heavy atom. The van der Waals surface area contributed by atoms with Crippen LogP contribution in [0, 0.1) is 6.92 Å². The molecule has 2 N–H and O–H groups in total. The summed E-state index contributed by atoms with van der Waals surface area (Å²) < 4.78 is 61.0. The van der Waals surface area contributed by atoms with Gasteiger partial charge in [0, 0.05) is 18.9 Å². The highest BCUT2D eigenvalue weighted by atomic mass is 32.2. The van der Waals surface area contributed by atoms with Gasteiger partial charge in [-0.15, -0.1) is 0 Å². The molecule has 28 heavy (non-hydrogen) atoms. The Hall–Kier alpha value is -2.63. The van der Waals surface area contributed by atoms with Gasteiger partial charge >= 0.3 is 0 Å². The number of anilines is 1. The Balaban J connectivity index is 1.66. The van der Waals surface area contributed by atoms with Crippen LogP contribution in [-0.4, -0.2) is 45.9 Å². The molecule has 0 aliphatic heterocycles. The highest BCUT2D eigenvalue weighted by Gasteiger charge is 2.21. The number of hydrogen-bond donors (Lipinski definition) is 2. The molecule has 11 heteroatoms. The summed E-state index contributed by atoms with van der Waals surface area (Å²) >= 11 is 0. The SMILES string of the molecule is COc1ccc(C)cc1S(=O)(=O)NCCS(=O)(=O)Nc1ccn2nccc2c1. The fraction of sp³-hybridized carbons (Fsp3) is 0.235. The number of rotatable bonds is 8. The van der Waals surface area contributed by atoms with Gasteiger partial charge in [-0.05, 0) is 42.8 Å². The van der Waals surface area contributed by atoms with E-state index < -0.39 is 25.8 Å². The number of nitrogens with one attached hydrogen (secondary N) is 2. The Morgan fingerprint density at radius 3 is 2.64 bits per heavy atom. The predicted molar refractivity (Wildman–Crippen MR) is 106 cm³/mol. The average molecular weight is 425 g/mol. The van der Waals surface area contributed by atoms with E-state index in [2.05, 4.69) is 14.5 Å². The average Bonchev–Trinajstić information content (AvgIpc) is 3.08. The van der Waals surface area contributed by atoms with Crippen LogP contribution in [0.15, 0.2) is 53.7 Å². The van der Waals surface area contributed by atoms with Crippen molar-refractivity contribution in [3.05, 3.63) is 54.4 Å². The molecule has 3 aromatic rings. The van der Waals surface area contributed by atoms with E-state index in [9.17, 15) is 16.8 Å². The highest BCUT2D eigenvalue weighted by molar-refractivity contribution is 7.92. The van der Waals surface area contributed by atoms with Crippen LogP contribution in [0.3, 0.4) is 0 Å². The molecule has 3 rings (SSSR count). The molecule has 0 radical (unpaired) electrons. The molecule has 9 nitrogen and oxygen atoms in total. The fourth-order valence-electron chi connectivity index (χ4n) is 2.60. The van der Waals surface area contributed by atoms with Crippen LogP contribution < -0.4 is 14.2 Å². The van der Waals surface area contributed by atoms with Crippen LogP contribution in [0.5, 0.6) is 5.75 Å². The number of fused-ring (bicyclic) bond motifs is 1. The van der Waals surface area contributed by atoms with Crippen molar-refractivity contribution in [2.45, 2.75) is 11.8 Å². The third kappa shape index (κ3) is 4.61. The second kappa shape index (κ2) is 7.78. The largest absolute Gasteiger partial charge is 0.495 e. The maximum Gasteiger partial charge on any atom is 0.244 e. The topological polar surface area (TPSA) is 119 Å². The van der Waals surface area contributed by atoms with E-state index >= 15 is 0 Å². The van der Waals surface area contributed by atoms with E-state index in [0.717, 1.165) is 11.1 Å². The number of aryl methyl sites for hydroxylation is 1. The molecule has 0 aliphatic rings. The summed E-state index contributed by atoms with van der Waals surface area (Å²) in [5, 5.41) is 4.03. The molecule has 0 aliphatic carbocycles. The summed E-state index contributed by atoms with van der Waals surface area (Å²) in [7, 11) is -6.30. The molecule has 0 saturated carbocycles. The van der Waals surface area contributed by atoms with Gasteiger partial charge < -0.3 is 4.74 Å². The minimum atomic E-state index is -3.92. The Kier molecular flexibility index (Phi) is 5.59. The van der Waals surface area contributed by atoms with Gasteiger partial charge in [0.05, 0.1) is 24.1 Å². The van der Waals surface area contributed by atoms with E-state index in [1.165, 1.54) is 13.2 Å². The van der Waals surface area contributed by atoms with Gasteiger partial charge in [0.15, 0.2) is 0 Å². The van der Waals surface area contributed by atoms with Gasteiger partial charge in [-0.1, -0.05) is 6.07 Å². The van der Waals surface area contributed by atoms with Gasteiger partial charge in [0.2, 0.25) is 20.0 Å². The number of ether oxygens (including phenoxy) is 1. The first kappa shape index (κ1) is 20.1. The normalized spacial score (nSPS) is 12.2. The molecule has 0 fully saturated rings. The molecule has 2 aromatic heterocycles. The Morgan fingerprint density at radius 2 is 1.89 bits per heavy atom. The minimum absolute atomic E-state index is 0.0356. The molecular formula is C17H20N4O5S2. The van der Waals surface area contributed by atoms with Crippen molar-refractivity contribution >= 4 is 31.3 Å². The van der Waals surface area contributed by atoms with Crippen molar-refractivity contribution in [2.24, 2.45) is 0 Å². The second-order valence-electron chi connectivity index (χ2n) is 6.09. The maximum absolute atomic E-state index is 12.5.